The molecule has 0 atom stereocenters. The van der Waals surface area contributed by atoms with Gasteiger partial charge in [-0.15, -0.1) is 0 Å². The van der Waals surface area contributed by atoms with Crippen LogP contribution < -0.4 is 10.9 Å². The molecular formula is C18H20N6O2. The maximum Gasteiger partial charge on any atom is 0.256 e. The molecule has 0 saturated carbocycles. The molecule has 0 aromatic carbocycles. The van der Waals surface area contributed by atoms with Gasteiger partial charge in [0.15, 0.2) is 0 Å². The second kappa shape index (κ2) is 6.55. The van der Waals surface area contributed by atoms with E-state index in [0.717, 1.165) is 5.69 Å². The van der Waals surface area contributed by atoms with Crippen molar-refractivity contribution in [1.82, 2.24) is 24.7 Å². The predicted molar refractivity (Wildman–Crippen MR) is 97.6 cm³/mol. The summed E-state index contributed by atoms with van der Waals surface area (Å²) >= 11 is 0. The lowest BCUT2D eigenvalue weighted by molar-refractivity contribution is 0.102. The predicted octanol–water partition coefficient (Wildman–Crippen LogP) is 2.21. The fourth-order valence-electron chi connectivity index (χ4n) is 2.35. The van der Waals surface area contributed by atoms with Crippen LogP contribution in [0.4, 0.5) is 5.82 Å². The fraction of sp³-hybridized carbons (Fsp3) is 0.278. The number of anilines is 1. The highest BCUT2D eigenvalue weighted by Crippen LogP contribution is 2.25. The number of hydrogen-bond donors (Lipinski definition) is 2. The lowest BCUT2D eigenvalue weighted by atomic mass is 9.92. The molecule has 3 rings (SSSR count). The zero-order chi connectivity index (χ0) is 18.9. The quantitative estimate of drug-likeness (QED) is 0.752. The van der Waals surface area contributed by atoms with Gasteiger partial charge in [0, 0.05) is 41.2 Å². The Balaban J connectivity index is 2.07. The summed E-state index contributed by atoms with van der Waals surface area (Å²) in [5, 5.41) is 7.37. The van der Waals surface area contributed by atoms with Crippen molar-refractivity contribution in [3.05, 3.63) is 64.0 Å². The van der Waals surface area contributed by atoms with Crippen molar-refractivity contribution in [2.24, 2.45) is 0 Å². The van der Waals surface area contributed by atoms with Gasteiger partial charge in [-0.1, -0.05) is 20.8 Å². The molecular weight excluding hydrogens is 332 g/mol. The summed E-state index contributed by atoms with van der Waals surface area (Å²) < 4.78 is 1.44. The number of hydrogen-bond acceptors (Lipinski definition) is 5. The SMILES string of the molecule is Cc1cc(=O)[nH]c(-n2nc(C(C)(C)C)cc2NC(=O)c2ccncc2)n1. The Morgan fingerprint density at radius 1 is 1.19 bits per heavy atom. The molecule has 0 aliphatic rings. The standard InChI is InChI=1S/C18H20N6O2/c1-11-9-15(25)22-17(20-11)24-14(10-13(23-24)18(2,3)4)21-16(26)12-5-7-19-8-6-12/h5-10H,1-4H3,(H,21,26)(H,20,22,25). The van der Waals surface area contributed by atoms with Gasteiger partial charge in [0.25, 0.3) is 11.5 Å². The molecule has 0 saturated heterocycles. The first kappa shape index (κ1) is 17.5. The van der Waals surface area contributed by atoms with Crippen LogP contribution in [0.15, 0.2) is 41.5 Å². The van der Waals surface area contributed by atoms with Crippen LogP contribution in [-0.2, 0) is 5.41 Å². The number of rotatable bonds is 3. The Morgan fingerprint density at radius 2 is 1.88 bits per heavy atom. The third kappa shape index (κ3) is 3.69. The first-order valence-electron chi connectivity index (χ1n) is 8.14. The van der Waals surface area contributed by atoms with Crippen molar-refractivity contribution in [2.75, 3.05) is 5.32 Å². The Hall–Kier alpha value is -3.29. The summed E-state index contributed by atoms with van der Waals surface area (Å²) in [6.45, 7) is 7.77. The minimum Gasteiger partial charge on any atom is -0.306 e. The summed E-state index contributed by atoms with van der Waals surface area (Å²) in [7, 11) is 0. The topological polar surface area (TPSA) is 106 Å². The van der Waals surface area contributed by atoms with Crippen LogP contribution in [0.2, 0.25) is 0 Å². The highest BCUT2D eigenvalue weighted by atomic mass is 16.1. The largest absolute Gasteiger partial charge is 0.306 e. The molecule has 3 heterocycles. The van der Waals surface area contributed by atoms with Crippen molar-refractivity contribution in [2.45, 2.75) is 33.1 Å². The number of aromatic nitrogens is 5. The monoisotopic (exact) mass is 352 g/mol. The second-order valence-electron chi connectivity index (χ2n) is 6.98. The number of aryl methyl sites for hydroxylation is 1. The number of H-pyrrole nitrogens is 1. The average Bonchev–Trinajstić information content (AvgIpc) is 2.99. The molecule has 3 aromatic heterocycles. The van der Waals surface area contributed by atoms with Gasteiger partial charge in [-0.3, -0.25) is 19.6 Å². The lowest BCUT2D eigenvalue weighted by Crippen LogP contribution is -2.19. The Labute approximate surface area is 150 Å². The second-order valence-corrected chi connectivity index (χ2v) is 6.98. The van der Waals surface area contributed by atoms with Crippen molar-refractivity contribution in [3.8, 4) is 5.95 Å². The molecule has 1 amide bonds. The Morgan fingerprint density at radius 3 is 2.50 bits per heavy atom. The van der Waals surface area contributed by atoms with Crippen LogP contribution in [0, 0.1) is 6.92 Å². The van der Waals surface area contributed by atoms with Crippen LogP contribution >= 0.6 is 0 Å². The molecule has 2 N–H and O–H groups in total. The Bertz CT molecular complexity index is 999. The van der Waals surface area contributed by atoms with Crippen LogP contribution in [0.1, 0.15) is 42.5 Å². The van der Waals surface area contributed by atoms with E-state index >= 15 is 0 Å². The van der Waals surface area contributed by atoms with E-state index in [0.29, 0.717) is 17.1 Å². The summed E-state index contributed by atoms with van der Waals surface area (Å²) in [5.41, 5.74) is 1.25. The van der Waals surface area contributed by atoms with Crippen LogP contribution in [0.5, 0.6) is 0 Å². The number of pyridine rings is 1. The molecule has 0 spiro atoms. The minimum absolute atomic E-state index is 0.245. The first-order chi connectivity index (χ1) is 12.2. The third-order valence-electron chi connectivity index (χ3n) is 3.72. The Kier molecular flexibility index (Phi) is 4.41. The van der Waals surface area contributed by atoms with Crippen LogP contribution in [0.3, 0.4) is 0 Å². The van der Waals surface area contributed by atoms with E-state index in [2.05, 4.69) is 25.4 Å². The molecule has 0 aliphatic heterocycles. The minimum atomic E-state index is -0.302. The third-order valence-corrected chi connectivity index (χ3v) is 3.72. The molecule has 0 bridgehead atoms. The molecule has 0 aliphatic carbocycles. The van der Waals surface area contributed by atoms with E-state index in [4.69, 9.17) is 0 Å². The molecule has 0 fully saturated rings. The highest BCUT2D eigenvalue weighted by Gasteiger charge is 2.22. The number of nitrogens with one attached hydrogen (secondary N) is 2. The van der Waals surface area contributed by atoms with Gasteiger partial charge in [-0.05, 0) is 19.1 Å². The maximum absolute atomic E-state index is 12.5. The molecule has 0 radical (unpaired) electrons. The molecule has 8 nitrogen and oxygen atoms in total. The van der Waals surface area contributed by atoms with E-state index in [1.54, 1.807) is 37.5 Å². The maximum atomic E-state index is 12.5. The van der Waals surface area contributed by atoms with Gasteiger partial charge in [-0.25, -0.2) is 4.98 Å². The number of amides is 1. The van der Waals surface area contributed by atoms with Crippen molar-refractivity contribution >= 4 is 11.7 Å². The van der Waals surface area contributed by atoms with Gasteiger partial charge >= 0.3 is 0 Å². The normalized spacial score (nSPS) is 11.4. The highest BCUT2D eigenvalue weighted by molar-refractivity contribution is 6.03. The van der Waals surface area contributed by atoms with Gasteiger partial charge in [0.2, 0.25) is 5.95 Å². The van der Waals surface area contributed by atoms with Crippen molar-refractivity contribution < 1.29 is 4.79 Å². The number of carbonyl (C=O) groups is 1. The van der Waals surface area contributed by atoms with E-state index in [-0.39, 0.29) is 22.8 Å². The van der Waals surface area contributed by atoms with Gasteiger partial charge in [0.05, 0.1) is 5.69 Å². The van der Waals surface area contributed by atoms with Crippen molar-refractivity contribution in [3.63, 3.8) is 0 Å². The molecule has 0 unspecified atom stereocenters. The summed E-state index contributed by atoms with van der Waals surface area (Å²) in [4.78, 5) is 35.2. The van der Waals surface area contributed by atoms with E-state index in [9.17, 15) is 9.59 Å². The van der Waals surface area contributed by atoms with E-state index < -0.39 is 0 Å². The van der Waals surface area contributed by atoms with Gasteiger partial charge in [-0.2, -0.15) is 9.78 Å². The van der Waals surface area contributed by atoms with Crippen molar-refractivity contribution in [1.29, 1.82) is 0 Å². The zero-order valence-electron chi connectivity index (χ0n) is 15.1. The molecule has 8 heteroatoms. The molecule has 26 heavy (non-hydrogen) atoms. The van der Waals surface area contributed by atoms with Crippen LogP contribution in [0.25, 0.3) is 5.95 Å². The summed E-state index contributed by atoms with van der Waals surface area (Å²) in [6.07, 6.45) is 3.10. The number of nitrogens with zero attached hydrogens (tertiary/aromatic N) is 4. The molecule has 3 aromatic rings. The van der Waals surface area contributed by atoms with Gasteiger partial charge in [0.1, 0.15) is 5.82 Å². The van der Waals surface area contributed by atoms with E-state index in [1.165, 1.54) is 10.7 Å². The van der Waals surface area contributed by atoms with Gasteiger partial charge < -0.3 is 5.32 Å². The average molecular weight is 352 g/mol. The number of aromatic amines is 1. The smallest absolute Gasteiger partial charge is 0.256 e. The van der Waals surface area contributed by atoms with Crippen LogP contribution in [-0.4, -0.2) is 30.6 Å². The van der Waals surface area contributed by atoms with E-state index in [1.807, 2.05) is 20.8 Å². The first-order valence-corrected chi connectivity index (χ1v) is 8.14. The summed E-state index contributed by atoms with van der Waals surface area (Å²) in [6, 6.07) is 6.41. The fourth-order valence-corrected chi connectivity index (χ4v) is 2.35. The summed E-state index contributed by atoms with van der Waals surface area (Å²) in [5.74, 6) is 0.366. The zero-order valence-corrected chi connectivity index (χ0v) is 15.1. The number of carbonyl (C=O) groups excluding carboxylic acids is 1. The molecule has 134 valence electrons. The lowest BCUT2D eigenvalue weighted by Gasteiger charge is -2.13.